The van der Waals surface area contributed by atoms with E-state index in [1.165, 1.54) is 29.5 Å². The number of hydrogen-bond donors (Lipinski definition) is 0. The van der Waals surface area contributed by atoms with Gasteiger partial charge in [0.2, 0.25) is 0 Å². The van der Waals surface area contributed by atoms with Crippen molar-refractivity contribution in [3.63, 3.8) is 0 Å². The number of hydrogen-bond acceptors (Lipinski definition) is 3. The molecular formula is C26H29N3O2. The van der Waals surface area contributed by atoms with Gasteiger partial charge >= 0.3 is 0 Å². The first kappa shape index (κ1) is 20.0. The summed E-state index contributed by atoms with van der Waals surface area (Å²) in [6, 6.07) is 14.9. The van der Waals surface area contributed by atoms with Crippen molar-refractivity contribution in [2.75, 3.05) is 7.11 Å². The van der Waals surface area contributed by atoms with Crippen molar-refractivity contribution in [1.82, 2.24) is 14.7 Å². The van der Waals surface area contributed by atoms with Crippen molar-refractivity contribution in [3.8, 4) is 5.69 Å². The van der Waals surface area contributed by atoms with Crippen LogP contribution in [0.5, 0.6) is 0 Å². The Balaban J connectivity index is 1.36. The minimum atomic E-state index is 0.154. The van der Waals surface area contributed by atoms with Crippen LogP contribution in [0.15, 0.2) is 54.9 Å². The average molecular weight is 416 g/mol. The summed E-state index contributed by atoms with van der Waals surface area (Å²) in [5.41, 5.74) is 6.76. The molecule has 1 amide bonds. The highest BCUT2D eigenvalue weighted by atomic mass is 16.5. The fraction of sp³-hybridized carbons (Fsp3) is 0.385. The van der Waals surface area contributed by atoms with E-state index in [-0.39, 0.29) is 18.1 Å². The van der Waals surface area contributed by atoms with Crippen LogP contribution in [-0.2, 0) is 17.7 Å². The lowest BCUT2D eigenvalue weighted by Crippen LogP contribution is -2.46. The minimum Gasteiger partial charge on any atom is -0.379 e. The molecule has 2 atom stereocenters. The second-order valence-electron chi connectivity index (χ2n) is 8.79. The molecule has 2 aliphatic rings. The maximum absolute atomic E-state index is 13.3. The van der Waals surface area contributed by atoms with Gasteiger partial charge in [-0.1, -0.05) is 31.0 Å². The number of rotatable bonds is 5. The molecule has 5 heteroatoms. The Bertz CT molecular complexity index is 1070. The highest BCUT2D eigenvalue weighted by Gasteiger charge is 2.38. The van der Waals surface area contributed by atoms with E-state index < -0.39 is 0 Å². The summed E-state index contributed by atoms with van der Waals surface area (Å²) in [6.45, 7) is 2.86. The molecule has 2 aromatic carbocycles. The van der Waals surface area contributed by atoms with Crippen LogP contribution in [0.3, 0.4) is 0 Å². The van der Waals surface area contributed by atoms with Crippen molar-refractivity contribution < 1.29 is 9.53 Å². The predicted molar refractivity (Wildman–Crippen MR) is 120 cm³/mol. The molecule has 2 heterocycles. The predicted octanol–water partition coefficient (Wildman–Crippen LogP) is 4.68. The van der Waals surface area contributed by atoms with Gasteiger partial charge in [0.25, 0.3) is 5.91 Å². The summed E-state index contributed by atoms with van der Waals surface area (Å²) in [4.78, 5) is 15.4. The zero-order valence-corrected chi connectivity index (χ0v) is 18.3. The molecule has 0 saturated heterocycles. The van der Waals surface area contributed by atoms with Gasteiger partial charge in [-0.15, -0.1) is 0 Å². The molecular weight excluding hydrogens is 386 g/mol. The molecule has 1 aliphatic heterocycles. The standard InChI is InChI=1S/C26H29N3O2/c1-18-14-21-17-28(24-6-3-4-7-25(24)31-2)26(30)23(21)16-20(18)15-19-8-10-22(11-9-19)29-13-5-12-27-29/h5,8-14,16,24-25H,3-4,6-7,15,17H2,1-2H3/t24-,25-/m1/s1. The quantitative estimate of drug-likeness (QED) is 0.608. The number of aryl methyl sites for hydroxylation is 1. The molecule has 3 aromatic rings. The maximum atomic E-state index is 13.3. The normalized spacial score (nSPS) is 20.8. The molecule has 1 saturated carbocycles. The summed E-state index contributed by atoms with van der Waals surface area (Å²) in [5.74, 6) is 0.166. The Hall–Kier alpha value is -2.92. The van der Waals surface area contributed by atoms with Crippen molar-refractivity contribution in [3.05, 3.63) is 82.7 Å². The first-order valence-electron chi connectivity index (χ1n) is 11.2. The number of nitrogens with zero attached hydrogens (tertiary/aromatic N) is 3. The van der Waals surface area contributed by atoms with E-state index in [9.17, 15) is 4.79 Å². The first-order valence-corrected chi connectivity index (χ1v) is 11.2. The van der Waals surface area contributed by atoms with Crippen LogP contribution in [0.4, 0.5) is 0 Å². The molecule has 0 radical (unpaired) electrons. The number of carbonyl (C=O) groups is 1. The summed E-state index contributed by atoms with van der Waals surface area (Å²) in [5, 5.41) is 4.28. The number of methoxy groups -OCH3 is 1. The highest BCUT2D eigenvalue weighted by Crippen LogP contribution is 2.34. The van der Waals surface area contributed by atoms with E-state index in [0.717, 1.165) is 36.1 Å². The SMILES string of the molecule is CO[C@@H]1CCCC[C@H]1N1Cc2cc(C)c(Cc3ccc(-n4cccn4)cc3)cc2C1=O. The lowest BCUT2D eigenvalue weighted by Gasteiger charge is -2.37. The van der Waals surface area contributed by atoms with Gasteiger partial charge in [0.15, 0.2) is 0 Å². The van der Waals surface area contributed by atoms with Crippen LogP contribution < -0.4 is 0 Å². The van der Waals surface area contributed by atoms with E-state index >= 15 is 0 Å². The Morgan fingerprint density at radius 1 is 1.13 bits per heavy atom. The Morgan fingerprint density at radius 2 is 1.94 bits per heavy atom. The number of carbonyl (C=O) groups excluding carboxylic acids is 1. The fourth-order valence-corrected chi connectivity index (χ4v) is 5.13. The second-order valence-corrected chi connectivity index (χ2v) is 8.79. The van der Waals surface area contributed by atoms with Crippen molar-refractivity contribution >= 4 is 5.91 Å². The first-order chi connectivity index (χ1) is 15.1. The van der Waals surface area contributed by atoms with Crippen LogP contribution >= 0.6 is 0 Å². The van der Waals surface area contributed by atoms with Crippen molar-refractivity contribution in [1.29, 1.82) is 0 Å². The van der Waals surface area contributed by atoms with Gasteiger partial charge < -0.3 is 9.64 Å². The third kappa shape index (κ3) is 3.79. The van der Waals surface area contributed by atoms with Gasteiger partial charge in [-0.25, -0.2) is 4.68 Å². The smallest absolute Gasteiger partial charge is 0.254 e. The van der Waals surface area contributed by atoms with E-state index in [0.29, 0.717) is 6.54 Å². The molecule has 5 nitrogen and oxygen atoms in total. The highest BCUT2D eigenvalue weighted by molar-refractivity contribution is 5.99. The molecule has 1 aromatic heterocycles. The summed E-state index contributed by atoms with van der Waals surface area (Å²) in [6.07, 6.45) is 9.13. The minimum absolute atomic E-state index is 0.154. The zero-order valence-electron chi connectivity index (χ0n) is 18.3. The molecule has 31 heavy (non-hydrogen) atoms. The van der Waals surface area contributed by atoms with E-state index in [4.69, 9.17) is 4.74 Å². The Kier molecular flexibility index (Phi) is 5.36. The van der Waals surface area contributed by atoms with Crippen LogP contribution in [0.2, 0.25) is 0 Å². The topological polar surface area (TPSA) is 47.4 Å². The van der Waals surface area contributed by atoms with Gasteiger partial charge in [0.1, 0.15) is 0 Å². The molecule has 1 fully saturated rings. The van der Waals surface area contributed by atoms with Crippen LogP contribution in [0, 0.1) is 6.92 Å². The molecule has 0 unspecified atom stereocenters. The summed E-state index contributed by atoms with van der Waals surface area (Å²) < 4.78 is 7.58. The maximum Gasteiger partial charge on any atom is 0.254 e. The molecule has 0 spiro atoms. The number of ether oxygens (including phenoxy) is 1. The summed E-state index contributed by atoms with van der Waals surface area (Å²) in [7, 11) is 1.77. The molecule has 1 aliphatic carbocycles. The molecule has 5 rings (SSSR count). The zero-order chi connectivity index (χ0) is 21.4. The van der Waals surface area contributed by atoms with Gasteiger partial charge in [-0.05, 0) is 72.7 Å². The number of fused-ring (bicyclic) bond motifs is 1. The Morgan fingerprint density at radius 3 is 2.68 bits per heavy atom. The fourth-order valence-electron chi connectivity index (χ4n) is 5.13. The Labute approximate surface area is 183 Å². The van der Waals surface area contributed by atoms with Crippen LogP contribution in [-0.4, -0.2) is 39.8 Å². The van der Waals surface area contributed by atoms with E-state index in [1.807, 2.05) is 16.9 Å². The molecule has 0 N–H and O–H groups in total. The van der Waals surface area contributed by atoms with Gasteiger partial charge in [-0.2, -0.15) is 5.10 Å². The average Bonchev–Trinajstić information content (AvgIpc) is 3.43. The third-order valence-corrected chi connectivity index (χ3v) is 6.86. The molecule has 0 bridgehead atoms. The lowest BCUT2D eigenvalue weighted by atomic mass is 9.91. The van der Waals surface area contributed by atoms with Crippen molar-refractivity contribution in [2.45, 2.75) is 57.7 Å². The van der Waals surface area contributed by atoms with Gasteiger partial charge in [0.05, 0.1) is 17.8 Å². The van der Waals surface area contributed by atoms with Crippen LogP contribution in [0.25, 0.3) is 5.69 Å². The third-order valence-electron chi connectivity index (χ3n) is 6.86. The van der Waals surface area contributed by atoms with Crippen LogP contribution in [0.1, 0.15) is 58.3 Å². The number of benzene rings is 2. The van der Waals surface area contributed by atoms with Crippen molar-refractivity contribution in [2.24, 2.45) is 0 Å². The largest absolute Gasteiger partial charge is 0.379 e. The lowest BCUT2D eigenvalue weighted by molar-refractivity contribution is -0.00582. The second kappa shape index (κ2) is 8.31. The molecule has 160 valence electrons. The van der Waals surface area contributed by atoms with Gasteiger partial charge in [0, 0.05) is 31.6 Å². The number of amides is 1. The van der Waals surface area contributed by atoms with E-state index in [1.54, 1.807) is 13.3 Å². The summed E-state index contributed by atoms with van der Waals surface area (Å²) >= 11 is 0. The van der Waals surface area contributed by atoms with Gasteiger partial charge in [-0.3, -0.25) is 4.79 Å². The number of aromatic nitrogens is 2. The monoisotopic (exact) mass is 415 g/mol. The van der Waals surface area contributed by atoms with E-state index in [2.05, 4.69) is 53.3 Å².